The average Bonchev–Trinajstić information content (AvgIpc) is 3.69. The van der Waals surface area contributed by atoms with Gasteiger partial charge in [0, 0.05) is 36.8 Å². The molecule has 37 heavy (non-hydrogen) atoms. The number of urea groups is 2. The third-order valence-electron chi connectivity index (χ3n) is 7.37. The zero-order chi connectivity index (χ0) is 25.5. The first kappa shape index (κ1) is 23.0. The molecule has 0 radical (unpaired) electrons. The molecule has 188 valence electrons. The third-order valence-corrected chi connectivity index (χ3v) is 7.37. The molecule has 1 saturated carbocycles. The number of methoxy groups -OCH3 is 1. The van der Waals surface area contributed by atoms with Crippen molar-refractivity contribution in [3.05, 3.63) is 78.5 Å². The highest BCUT2D eigenvalue weighted by Crippen LogP contribution is 2.46. The SMILES string of the molecule is COc1ccc(-c2ncccc2NC(=O)N2CCN3C(=O)N(C4CC4c4ccccc4)C(=O)C3C2)cc1. The van der Waals surface area contributed by atoms with Gasteiger partial charge in [0.1, 0.15) is 11.8 Å². The standard InChI is InChI=1S/C28H27N5O4/c1-37-20-11-9-19(10-12-20)25-22(8-5-13-29-25)30-27(35)31-14-15-32-24(17-31)26(34)33(28(32)36)23-16-21(23)18-6-3-2-4-7-18/h2-13,21,23-24H,14-17H2,1H3,(H,30,35). The maximum Gasteiger partial charge on any atom is 0.327 e. The van der Waals surface area contributed by atoms with Gasteiger partial charge in [-0.15, -0.1) is 0 Å². The number of hydrogen-bond donors (Lipinski definition) is 1. The fourth-order valence-corrected chi connectivity index (χ4v) is 5.31. The highest BCUT2D eigenvalue weighted by atomic mass is 16.5. The van der Waals surface area contributed by atoms with E-state index < -0.39 is 6.04 Å². The van der Waals surface area contributed by atoms with Crippen molar-refractivity contribution in [3.8, 4) is 17.0 Å². The summed E-state index contributed by atoms with van der Waals surface area (Å²) < 4.78 is 5.23. The van der Waals surface area contributed by atoms with Crippen LogP contribution in [0.1, 0.15) is 17.9 Å². The molecule has 3 aliphatic rings. The van der Waals surface area contributed by atoms with Gasteiger partial charge in [-0.25, -0.2) is 9.59 Å². The molecular formula is C28H27N5O4. The van der Waals surface area contributed by atoms with Gasteiger partial charge in [-0.05, 0) is 48.4 Å². The molecule has 0 spiro atoms. The van der Waals surface area contributed by atoms with E-state index in [0.29, 0.717) is 24.5 Å². The molecule has 1 N–H and O–H groups in total. The minimum absolute atomic E-state index is 0.113. The first-order valence-corrected chi connectivity index (χ1v) is 12.4. The Morgan fingerprint density at radius 1 is 1.00 bits per heavy atom. The van der Waals surface area contributed by atoms with Gasteiger partial charge in [0.2, 0.25) is 0 Å². The lowest BCUT2D eigenvalue weighted by Gasteiger charge is -2.35. The smallest absolute Gasteiger partial charge is 0.327 e. The molecule has 0 bridgehead atoms. The predicted molar refractivity (Wildman–Crippen MR) is 137 cm³/mol. The fourth-order valence-electron chi connectivity index (χ4n) is 5.31. The van der Waals surface area contributed by atoms with Crippen molar-refractivity contribution >= 4 is 23.7 Å². The summed E-state index contributed by atoms with van der Waals surface area (Å²) in [5.74, 6) is 0.692. The summed E-state index contributed by atoms with van der Waals surface area (Å²) in [6.07, 6.45) is 2.45. The quantitative estimate of drug-likeness (QED) is 0.541. The van der Waals surface area contributed by atoms with E-state index in [0.717, 1.165) is 23.3 Å². The molecule has 9 nitrogen and oxygen atoms in total. The van der Waals surface area contributed by atoms with E-state index in [-0.39, 0.29) is 36.5 Å². The van der Waals surface area contributed by atoms with E-state index in [4.69, 9.17) is 4.74 Å². The number of piperazine rings is 1. The van der Waals surface area contributed by atoms with E-state index in [1.807, 2.05) is 54.6 Å². The number of imide groups is 1. The number of pyridine rings is 1. The highest BCUT2D eigenvalue weighted by Gasteiger charge is 2.56. The molecular weight excluding hydrogens is 470 g/mol. The van der Waals surface area contributed by atoms with E-state index >= 15 is 0 Å². The molecule has 3 heterocycles. The first-order valence-electron chi connectivity index (χ1n) is 12.4. The summed E-state index contributed by atoms with van der Waals surface area (Å²) >= 11 is 0. The van der Waals surface area contributed by atoms with Crippen LogP contribution in [0.15, 0.2) is 72.9 Å². The van der Waals surface area contributed by atoms with Crippen LogP contribution in [0, 0.1) is 0 Å². The minimum atomic E-state index is -0.654. The number of fused-ring (bicyclic) bond motifs is 1. The normalized spacial score (nSPS) is 22.6. The van der Waals surface area contributed by atoms with Crippen LogP contribution < -0.4 is 10.1 Å². The lowest BCUT2D eigenvalue weighted by atomic mass is 10.1. The Kier molecular flexibility index (Phi) is 5.75. The van der Waals surface area contributed by atoms with Crippen LogP contribution in [-0.4, -0.2) is 76.5 Å². The molecule has 2 aromatic carbocycles. The molecule has 3 fully saturated rings. The summed E-state index contributed by atoms with van der Waals surface area (Å²) in [6, 6.07) is 19.6. The van der Waals surface area contributed by atoms with Crippen LogP contribution >= 0.6 is 0 Å². The Labute approximate surface area is 214 Å². The number of benzene rings is 2. The highest BCUT2D eigenvalue weighted by molar-refractivity contribution is 6.06. The van der Waals surface area contributed by atoms with Gasteiger partial charge in [-0.2, -0.15) is 0 Å². The fraction of sp³-hybridized carbons (Fsp3) is 0.286. The van der Waals surface area contributed by atoms with Gasteiger partial charge < -0.3 is 19.9 Å². The lowest BCUT2D eigenvalue weighted by molar-refractivity contribution is -0.129. The van der Waals surface area contributed by atoms with Crippen LogP contribution in [0.25, 0.3) is 11.3 Å². The van der Waals surface area contributed by atoms with E-state index in [1.165, 1.54) is 4.90 Å². The zero-order valence-corrected chi connectivity index (χ0v) is 20.4. The second-order valence-electron chi connectivity index (χ2n) is 9.52. The van der Waals surface area contributed by atoms with Gasteiger partial charge in [0.05, 0.1) is 25.0 Å². The number of carbonyl (C=O) groups is 3. The monoisotopic (exact) mass is 497 g/mol. The minimum Gasteiger partial charge on any atom is -0.497 e. The molecule has 6 rings (SSSR count). The van der Waals surface area contributed by atoms with Gasteiger partial charge in [0.15, 0.2) is 0 Å². The number of amides is 5. The molecule has 3 unspecified atom stereocenters. The van der Waals surface area contributed by atoms with Gasteiger partial charge in [-0.3, -0.25) is 14.7 Å². The Bertz CT molecular complexity index is 1350. The van der Waals surface area contributed by atoms with Crippen molar-refractivity contribution in [2.75, 3.05) is 32.1 Å². The summed E-state index contributed by atoms with van der Waals surface area (Å²) in [7, 11) is 1.61. The van der Waals surface area contributed by atoms with Crippen molar-refractivity contribution in [3.63, 3.8) is 0 Å². The van der Waals surface area contributed by atoms with Crippen molar-refractivity contribution in [2.24, 2.45) is 0 Å². The Hall–Kier alpha value is -4.40. The number of rotatable bonds is 5. The van der Waals surface area contributed by atoms with Crippen LogP contribution in [0.4, 0.5) is 15.3 Å². The second-order valence-corrected chi connectivity index (χ2v) is 9.52. The average molecular weight is 498 g/mol. The second kappa shape index (κ2) is 9.24. The summed E-state index contributed by atoms with van der Waals surface area (Å²) in [4.78, 5) is 48.8. The van der Waals surface area contributed by atoms with E-state index in [9.17, 15) is 14.4 Å². The summed E-state index contributed by atoms with van der Waals surface area (Å²) in [5.41, 5.74) is 3.18. The third kappa shape index (κ3) is 4.16. The number of ether oxygens (including phenoxy) is 1. The van der Waals surface area contributed by atoms with Crippen LogP contribution in [0.5, 0.6) is 5.75 Å². The number of carbonyl (C=O) groups excluding carboxylic acids is 3. The number of anilines is 1. The van der Waals surface area contributed by atoms with Gasteiger partial charge >= 0.3 is 12.1 Å². The van der Waals surface area contributed by atoms with Gasteiger partial charge in [0.25, 0.3) is 5.91 Å². The van der Waals surface area contributed by atoms with Crippen LogP contribution in [-0.2, 0) is 4.79 Å². The number of hydrogen-bond acceptors (Lipinski definition) is 5. The van der Waals surface area contributed by atoms with E-state index in [1.54, 1.807) is 35.2 Å². The Morgan fingerprint density at radius 3 is 2.54 bits per heavy atom. The number of nitrogens with zero attached hydrogens (tertiary/aromatic N) is 4. The van der Waals surface area contributed by atoms with Crippen molar-refractivity contribution in [2.45, 2.75) is 24.4 Å². The molecule has 3 aromatic rings. The van der Waals surface area contributed by atoms with Crippen molar-refractivity contribution < 1.29 is 19.1 Å². The number of nitrogens with one attached hydrogen (secondary N) is 1. The first-order chi connectivity index (χ1) is 18.0. The Balaban J connectivity index is 1.14. The van der Waals surface area contributed by atoms with Crippen LogP contribution in [0.3, 0.4) is 0 Å². The maximum atomic E-state index is 13.3. The van der Waals surface area contributed by atoms with Gasteiger partial charge in [-0.1, -0.05) is 30.3 Å². The Morgan fingerprint density at radius 2 is 1.78 bits per heavy atom. The van der Waals surface area contributed by atoms with Crippen molar-refractivity contribution in [1.82, 2.24) is 19.7 Å². The topological polar surface area (TPSA) is 95.1 Å². The molecule has 9 heteroatoms. The molecule has 5 amide bonds. The molecule has 1 aromatic heterocycles. The summed E-state index contributed by atoms with van der Waals surface area (Å²) in [6.45, 7) is 0.828. The maximum absolute atomic E-state index is 13.3. The molecule has 2 saturated heterocycles. The van der Waals surface area contributed by atoms with Crippen molar-refractivity contribution in [1.29, 1.82) is 0 Å². The largest absolute Gasteiger partial charge is 0.497 e. The molecule has 3 atom stereocenters. The number of aromatic nitrogens is 1. The lowest BCUT2D eigenvalue weighted by Crippen LogP contribution is -2.55. The van der Waals surface area contributed by atoms with E-state index in [2.05, 4.69) is 10.3 Å². The zero-order valence-electron chi connectivity index (χ0n) is 20.4. The molecule has 2 aliphatic heterocycles. The molecule has 1 aliphatic carbocycles. The summed E-state index contributed by atoms with van der Waals surface area (Å²) in [5, 5.41) is 2.95. The predicted octanol–water partition coefficient (Wildman–Crippen LogP) is 3.79. The van der Waals surface area contributed by atoms with Crippen LogP contribution in [0.2, 0.25) is 0 Å².